The zero-order valence-electron chi connectivity index (χ0n) is 16.9. The van der Waals surface area contributed by atoms with Gasteiger partial charge in [-0.25, -0.2) is 8.78 Å². The monoisotopic (exact) mass is 406 g/mol. The first-order valence-corrected chi connectivity index (χ1v) is 10.1. The lowest BCUT2D eigenvalue weighted by molar-refractivity contribution is 0.0597. The molecule has 1 unspecified atom stereocenters. The lowest BCUT2D eigenvalue weighted by Crippen LogP contribution is -2.49. The molecular formula is C25H24F2N2O. The van der Waals surface area contributed by atoms with E-state index in [4.69, 9.17) is 0 Å². The van der Waals surface area contributed by atoms with Crippen LogP contribution in [0.1, 0.15) is 33.1 Å². The maximum atomic E-state index is 13.5. The third-order valence-corrected chi connectivity index (χ3v) is 5.64. The van der Waals surface area contributed by atoms with Gasteiger partial charge >= 0.3 is 0 Å². The van der Waals surface area contributed by atoms with Crippen LogP contribution in [0.25, 0.3) is 0 Å². The van der Waals surface area contributed by atoms with Gasteiger partial charge in [0.15, 0.2) is 11.6 Å². The molecule has 1 atom stereocenters. The largest absolute Gasteiger partial charge is 0.336 e. The third kappa shape index (κ3) is 4.26. The third-order valence-electron chi connectivity index (χ3n) is 5.64. The summed E-state index contributed by atoms with van der Waals surface area (Å²) in [5.41, 5.74) is 3.82. The lowest BCUT2D eigenvalue weighted by Gasteiger charge is -2.40. The maximum Gasteiger partial charge on any atom is 0.254 e. The fourth-order valence-electron chi connectivity index (χ4n) is 3.99. The van der Waals surface area contributed by atoms with Crippen molar-refractivity contribution in [2.45, 2.75) is 13.0 Å². The molecular weight excluding hydrogens is 382 g/mol. The summed E-state index contributed by atoms with van der Waals surface area (Å²) in [6.45, 7) is 4.54. The summed E-state index contributed by atoms with van der Waals surface area (Å²) in [5, 5.41) is 0. The Hall–Kier alpha value is -3.05. The molecule has 5 heteroatoms. The average molecular weight is 406 g/mol. The quantitative estimate of drug-likeness (QED) is 0.620. The van der Waals surface area contributed by atoms with Crippen LogP contribution in [-0.2, 0) is 0 Å². The van der Waals surface area contributed by atoms with Crippen molar-refractivity contribution in [1.29, 1.82) is 0 Å². The predicted molar refractivity (Wildman–Crippen MR) is 113 cm³/mol. The van der Waals surface area contributed by atoms with Crippen molar-refractivity contribution in [3.05, 3.63) is 107 Å². The van der Waals surface area contributed by atoms with Crippen molar-refractivity contribution in [2.24, 2.45) is 0 Å². The number of amides is 1. The van der Waals surface area contributed by atoms with Crippen molar-refractivity contribution in [3.8, 4) is 0 Å². The van der Waals surface area contributed by atoms with Gasteiger partial charge in [-0.1, -0.05) is 60.2 Å². The molecule has 1 aliphatic heterocycles. The molecule has 1 saturated heterocycles. The molecule has 0 spiro atoms. The topological polar surface area (TPSA) is 23.6 Å². The molecule has 0 saturated carbocycles. The van der Waals surface area contributed by atoms with Crippen LogP contribution in [0, 0.1) is 18.6 Å². The van der Waals surface area contributed by atoms with Crippen molar-refractivity contribution in [1.82, 2.24) is 9.80 Å². The second-order valence-corrected chi connectivity index (χ2v) is 7.68. The fourth-order valence-corrected chi connectivity index (χ4v) is 3.99. The van der Waals surface area contributed by atoms with Crippen LogP contribution in [0.3, 0.4) is 0 Å². The van der Waals surface area contributed by atoms with Gasteiger partial charge in [-0.05, 0) is 36.2 Å². The summed E-state index contributed by atoms with van der Waals surface area (Å²) < 4.78 is 26.7. The van der Waals surface area contributed by atoms with Crippen molar-refractivity contribution < 1.29 is 13.6 Å². The molecule has 3 aromatic carbocycles. The van der Waals surface area contributed by atoms with Gasteiger partial charge < -0.3 is 4.90 Å². The van der Waals surface area contributed by atoms with E-state index < -0.39 is 11.6 Å². The van der Waals surface area contributed by atoms with Crippen LogP contribution in [0.2, 0.25) is 0 Å². The highest BCUT2D eigenvalue weighted by Gasteiger charge is 2.28. The molecule has 3 nitrogen and oxygen atoms in total. The minimum Gasteiger partial charge on any atom is -0.336 e. The van der Waals surface area contributed by atoms with Gasteiger partial charge in [-0.15, -0.1) is 0 Å². The molecule has 30 heavy (non-hydrogen) atoms. The molecule has 3 aromatic rings. The smallest absolute Gasteiger partial charge is 0.254 e. The molecule has 0 aromatic heterocycles. The normalized spacial score (nSPS) is 15.8. The van der Waals surface area contributed by atoms with Crippen LogP contribution >= 0.6 is 0 Å². The molecule has 0 radical (unpaired) electrons. The summed E-state index contributed by atoms with van der Waals surface area (Å²) in [4.78, 5) is 16.8. The minimum absolute atomic E-state index is 0.104. The second kappa shape index (κ2) is 8.76. The minimum atomic E-state index is -0.997. The molecule has 0 N–H and O–H groups in total. The van der Waals surface area contributed by atoms with Crippen LogP contribution in [-0.4, -0.2) is 41.9 Å². The van der Waals surface area contributed by atoms with Crippen molar-refractivity contribution in [3.63, 3.8) is 0 Å². The van der Waals surface area contributed by atoms with Gasteiger partial charge in [0.1, 0.15) is 0 Å². The Bertz CT molecular complexity index is 1010. The molecule has 4 rings (SSSR count). The van der Waals surface area contributed by atoms with Gasteiger partial charge in [0.2, 0.25) is 0 Å². The summed E-state index contributed by atoms with van der Waals surface area (Å²) in [6, 6.07) is 22.3. The van der Waals surface area contributed by atoms with E-state index in [1.807, 2.05) is 18.2 Å². The number of halogens is 2. The standard InChI is InChI=1S/C25H24F2N2O/c1-18-7-9-20(10-8-18)24(19-5-3-2-4-6-19)28-13-15-29(16-14-28)25(30)21-11-12-22(26)23(27)17-21/h2-12,17,24H,13-16H2,1H3. The van der Waals surface area contributed by atoms with Crippen LogP contribution in [0.5, 0.6) is 0 Å². The number of carbonyl (C=O) groups is 1. The van der Waals surface area contributed by atoms with Gasteiger partial charge in [-0.2, -0.15) is 0 Å². The zero-order chi connectivity index (χ0) is 21.1. The number of rotatable bonds is 4. The van der Waals surface area contributed by atoms with E-state index in [-0.39, 0.29) is 17.5 Å². The van der Waals surface area contributed by atoms with Crippen LogP contribution in [0.15, 0.2) is 72.8 Å². The van der Waals surface area contributed by atoms with Gasteiger partial charge in [0.05, 0.1) is 6.04 Å². The van der Waals surface area contributed by atoms with E-state index in [1.54, 1.807) is 4.90 Å². The average Bonchev–Trinajstić information content (AvgIpc) is 2.78. The van der Waals surface area contributed by atoms with E-state index >= 15 is 0 Å². The summed E-state index contributed by atoms with van der Waals surface area (Å²) >= 11 is 0. The highest BCUT2D eigenvalue weighted by molar-refractivity contribution is 5.94. The highest BCUT2D eigenvalue weighted by Crippen LogP contribution is 2.30. The Balaban J connectivity index is 1.52. The zero-order valence-corrected chi connectivity index (χ0v) is 16.9. The molecule has 0 aliphatic carbocycles. The van der Waals surface area contributed by atoms with Gasteiger partial charge in [0.25, 0.3) is 5.91 Å². The Kier molecular flexibility index (Phi) is 5.91. The maximum absolute atomic E-state index is 13.5. The first-order valence-electron chi connectivity index (χ1n) is 10.1. The Morgan fingerprint density at radius 3 is 2.07 bits per heavy atom. The molecule has 1 heterocycles. The molecule has 0 bridgehead atoms. The number of hydrogen-bond acceptors (Lipinski definition) is 2. The van der Waals surface area contributed by atoms with Gasteiger partial charge in [0, 0.05) is 31.7 Å². The number of benzene rings is 3. The van der Waals surface area contributed by atoms with E-state index in [0.29, 0.717) is 26.2 Å². The van der Waals surface area contributed by atoms with E-state index in [9.17, 15) is 13.6 Å². The summed E-state index contributed by atoms with van der Waals surface area (Å²) in [7, 11) is 0. The molecule has 1 fully saturated rings. The number of hydrogen-bond donors (Lipinski definition) is 0. The Morgan fingerprint density at radius 2 is 1.43 bits per heavy atom. The molecule has 1 aliphatic rings. The first-order chi connectivity index (χ1) is 14.5. The summed E-state index contributed by atoms with van der Waals surface area (Å²) in [5.74, 6) is -2.21. The molecule has 1 amide bonds. The number of piperazine rings is 1. The number of aryl methyl sites for hydroxylation is 1. The predicted octanol–water partition coefficient (Wildman–Crippen LogP) is 4.82. The number of nitrogens with zero attached hydrogens (tertiary/aromatic N) is 2. The first kappa shape index (κ1) is 20.2. The SMILES string of the molecule is Cc1ccc(C(c2ccccc2)N2CCN(C(=O)c3ccc(F)c(F)c3)CC2)cc1. The van der Waals surface area contributed by atoms with Crippen molar-refractivity contribution >= 4 is 5.91 Å². The molecule has 154 valence electrons. The summed E-state index contributed by atoms with van der Waals surface area (Å²) in [6.07, 6.45) is 0. The Morgan fingerprint density at radius 1 is 0.800 bits per heavy atom. The van der Waals surface area contributed by atoms with Crippen LogP contribution in [0.4, 0.5) is 8.78 Å². The van der Waals surface area contributed by atoms with E-state index in [1.165, 1.54) is 22.8 Å². The van der Waals surface area contributed by atoms with Crippen molar-refractivity contribution in [2.75, 3.05) is 26.2 Å². The van der Waals surface area contributed by atoms with Gasteiger partial charge in [-0.3, -0.25) is 9.69 Å². The highest BCUT2D eigenvalue weighted by atomic mass is 19.2. The Labute approximate surface area is 175 Å². The lowest BCUT2D eigenvalue weighted by atomic mass is 9.95. The van der Waals surface area contributed by atoms with E-state index in [0.717, 1.165) is 12.1 Å². The van der Waals surface area contributed by atoms with E-state index in [2.05, 4.69) is 48.2 Å². The fraction of sp³-hybridized carbons (Fsp3) is 0.240. The second-order valence-electron chi connectivity index (χ2n) is 7.68. The number of carbonyl (C=O) groups excluding carboxylic acids is 1. The van der Waals surface area contributed by atoms with Crippen LogP contribution < -0.4 is 0 Å².